The highest BCUT2D eigenvalue weighted by Crippen LogP contribution is 2.34. The first-order valence-corrected chi connectivity index (χ1v) is 8.50. The molecule has 2 aromatic heterocycles. The van der Waals surface area contributed by atoms with Crippen LogP contribution in [-0.4, -0.2) is 25.8 Å². The van der Waals surface area contributed by atoms with E-state index in [1.807, 2.05) is 12.1 Å². The van der Waals surface area contributed by atoms with Crippen LogP contribution in [-0.2, 0) is 10.0 Å². The molecule has 3 heterocycles. The fourth-order valence-corrected chi connectivity index (χ4v) is 5.40. The van der Waals surface area contributed by atoms with Crippen molar-refractivity contribution in [1.29, 1.82) is 0 Å². The van der Waals surface area contributed by atoms with E-state index in [1.165, 1.54) is 4.31 Å². The molecule has 0 aromatic carbocycles. The van der Waals surface area contributed by atoms with Crippen LogP contribution in [0.4, 0.5) is 0 Å². The van der Waals surface area contributed by atoms with Crippen molar-refractivity contribution in [3.63, 3.8) is 0 Å². The third-order valence-corrected chi connectivity index (χ3v) is 6.80. The van der Waals surface area contributed by atoms with Crippen LogP contribution < -0.4 is 0 Å². The van der Waals surface area contributed by atoms with Gasteiger partial charge in [0.25, 0.3) is 10.0 Å². The fraction of sp³-hybridized carbons (Fsp3) is 0.333. The van der Waals surface area contributed by atoms with E-state index in [9.17, 15) is 8.42 Å². The van der Waals surface area contributed by atoms with Gasteiger partial charge in [0.1, 0.15) is 9.97 Å². The minimum atomic E-state index is -3.42. The Morgan fingerprint density at radius 3 is 2.84 bits per heavy atom. The molecule has 0 N–H and O–H groups in total. The average Bonchev–Trinajstić information content (AvgIpc) is 3.10. The maximum atomic E-state index is 12.4. The van der Waals surface area contributed by atoms with Crippen molar-refractivity contribution in [3.05, 3.63) is 40.6 Å². The number of hydrogen-bond donors (Lipinski definition) is 0. The zero-order chi connectivity index (χ0) is 13.5. The van der Waals surface area contributed by atoms with Crippen LogP contribution in [0.25, 0.3) is 0 Å². The lowest BCUT2D eigenvalue weighted by Crippen LogP contribution is -2.28. The number of sulfonamides is 1. The number of rotatable bonds is 3. The highest BCUT2D eigenvalue weighted by atomic mass is 35.5. The molecule has 1 aliphatic heterocycles. The van der Waals surface area contributed by atoms with E-state index in [4.69, 9.17) is 16.0 Å². The highest BCUT2D eigenvalue weighted by Gasteiger charge is 2.35. The van der Waals surface area contributed by atoms with Gasteiger partial charge in [0.05, 0.1) is 10.6 Å². The number of halogens is 1. The molecule has 1 saturated heterocycles. The Bertz CT molecular complexity index is 663. The van der Waals surface area contributed by atoms with Crippen molar-refractivity contribution < 1.29 is 12.8 Å². The molecule has 0 bridgehead atoms. The van der Waals surface area contributed by atoms with Crippen LogP contribution in [0.3, 0.4) is 0 Å². The van der Waals surface area contributed by atoms with E-state index in [0.29, 0.717) is 21.6 Å². The summed E-state index contributed by atoms with van der Waals surface area (Å²) in [5.74, 6) is 0.988. The van der Waals surface area contributed by atoms with E-state index in [1.54, 1.807) is 18.4 Å². The summed E-state index contributed by atoms with van der Waals surface area (Å²) < 4.78 is 32.5. The molecule has 0 amide bonds. The molecule has 102 valence electrons. The molecule has 0 spiro atoms. The van der Waals surface area contributed by atoms with Gasteiger partial charge in [-0.05, 0) is 30.7 Å². The summed E-state index contributed by atoms with van der Waals surface area (Å²) in [6.45, 7) is 0.981. The fourth-order valence-electron chi connectivity index (χ4n) is 2.27. The van der Waals surface area contributed by atoms with Crippen molar-refractivity contribution in [2.45, 2.75) is 16.5 Å². The molecule has 0 aliphatic carbocycles. The third kappa shape index (κ3) is 2.45. The van der Waals surface area contributed by atoms with Crippen LogP contribution in [0.1, 0.15) is 18.1 Å². The van der Waals surface area contributed by atoms with Crippen LogP contribution in [0.5, 0.6) is 0 Å². The molecule has 3 rings (SSSR count). The molecule has 4 nitrogen and oxygen atoms in total. The van der Waals surface area contributed by atoms with E-state index in [-0.39, 0.29) is 5.92 Å². The number of furan rings is 1. The Morgan fingerprint density at radius 1 is 1.37 bits per heavy atom. The van der Waals surface area contributed by atoms with Crippen molar-refractivity contribution in [2.75, 3.05) is 13.1 Å². The first-order chi connectivity index (χ1) is 9.07. The average molecular weight is 318 g/mol. The Kier molecular flexibility index (Phi) is 3.42. The van der Waals surface area contributed by atoms with Gasteiger partial charge in [-0.15, -0.1) is 11.3 Å². The van der Waals surface area contributed by atoms with Crippen LogP contribution in [0.2, 0.25) is 4.34 Å². The largest absolute Gasteiger partial charge is 0.469 e. The highest BCUT2D eigenvalue weighted by molar-refractivity contribution is 7.91. The van der Waals surface area contributed by atoms with E-state index in [2.05, 4.69) is 0 Å². The molecule has 1 fully saturated rings. The van der Waals surface area contributed by atoms with Gasteiger partial charge in [0.2, 0.25) is 0 Å². The number of hydrogen-bond acceptors (Lipinski definition) is 4. The molecule has 1 unspecified atom stereocenters. The van der Waals surface area contributed by atoms with Crippen molar-refractivity contribution >= 4 is 33.0 Å². The minimum absolute atomic E-state index is 0.139. The van der Waals surface area contributed by atoms with Gasteiger partial charge in [-0.3, -0.25) is 0 Å². The Balaban J connectivity index is 1.81. The van der Waals surface area contributed by atoms with Gasteiger partial charge in [0.15, 0.2) is 0 Å². The molecule has 19 heavy (non-hydrogen) atoms. The van der Waals surface area contributed by atoms with Crippen LogP contribution >= 0.6 is 22.9 Å². The van der Waals surface area contributed by atoms with Gasteiger partial charge in [-0.2, -0.15) is 4.31 Å². The van der Waals surface area contributed by atoms with Gasteiger partial charge >= 0.3 is 0 Å². The predicted octanol–water partition coefficient (Wildman–Crippen LogP) is 3.17. The van der Waals surface area contributed by atoms with E-state index < -0.39 is 10.0 Å². The quantitative estimate of drug-likeness (QED) is 0.873. The lowest BCUT2D eigenvalue weighted by Gasteiger charge is -2.14. The molecule has 1 aliphatic rings. The van der Waals surface area contributed by atoms with Crippen molar-refractivity contribution in [3.8, 4) is 0 Å². The SMILES string of the molecule is O=S(=O)(c1ccc(Cl)s1)N1CCC(c2ccco2)C1. The van der Waals surface area contributed by atoms with Gasteiger partial charge in [-0.1, -0.05) is 11.6 Å². The van der Waals surface area contributed by atoms with Crippen molar-refractivity contribution in [2.24, 2.45) is 0 Å². The summed E-state index contributed by atoms with van der Waals surface area (Å²) in [4.78, 5) is 0. The second-order valence-corrected chi connectivity index (χ2v) is 8.30. The zero-order valence-corrected chi connectivity index (χ0v) is 12.3. The maximum absolute atomic E-state index is 12.4. The lowest BCUT2D eigenvalue weighted by molar-refractivity contribution is 0.446. The molecular formula is C12H12ClNO3S2. The van der Waals surface area contributed by atoms with Crippen molar-refractivity contribution in [1.82, 2.24) is 4.31 Å². The summed E-state index contributed by atoms with van der Waals surface area (Å²) in [7, 11) is -3.42. The van der Waals surface area contributed by atoms with E-state index >= 15 is 0 Å². The van der Waals surface area contributed by atoms with Gasteiger partial charge in [0, 0.05) is 19.0 Å². The van der Waals surface area contributed by atoms with Crippen LogP contribution in [0, 0.1) is 0 Å². The normalized spacial score (nSPS) is 21.0. The summed E-state index contributed by atoms with van der Waals surface area (Å²) >= 11 is 6.90. The Morgan fingerprint density at radius 2 is 2.21 bits per heavy atom. The second kappa shape index (κ2) is 4.94. The molecule has 0 saturated carbocycles. The molecular weight excluding hydrogens is 306 g/mol. The molecule has 1 atom stereocenters. The monoisotopic (exact) mass is 317 g/mol. The smallest absolute Gasteiger partial charge is 0.252 e. The summed E-state index contributed by atoms with van der Waals surface area (Å²) in [6, 6.07) is 6.88. The Hall–Kier alpha value is -0.820. The molecule has 0 radical (unpaired) electrons. The summed E-state index contributed by atoms with van der Waals surface area (Å²) in [6.07, 6.45) is 2.40. The minimum Gasteiger partial charge on any atom is -0.469 e. The summed E-state index contributed by atoms with van der Waals surface area (Å²) in [5, 5.41) is 0. The number of nitrogens with zero attached hydrogens (tertiary/aromatic N) is 1. The maximum Gasteiger partial charge on any atom is 0.252 e. The van der Waals surface area contributed by atoms with Gasteiger partial charge in [-0.25, -0.2) is 8.42 Å². The second-order valence-electron chi connectivity index (χ2n) is 4.42. The lowest BCUT2D eigenvalue weighted by atomic mass is 10.1. The molecule has 2 aromatic rings. The topological polar surface area (TPSA) is 50.5 Å². The summed E-state index contributed by atoms with van der Waals surface area (Å²) in [5.41, 5.74) is 0. The molecule has 7 heteroatoms. The first-order valence-electron chi connectivity index (χ1n) is 5.86. The van der Waals surface area contributed by atoms with Crippen LogP contribution in [0.15, 0.2) is 39.2 Å². The zero-order valence-electron chi connectivity index (χ0n) is 9.95. The standard InChI is InChI=1S/C12H12ClNO3S2/c13-11-3-4-12(18-11)19(15,16)14-6-5-9(8-14)10-2-1-7-17-10/h1-4,7,9H,5-6,8H2. The predicted molar refractivity (Wildman–Crippen MR) is 74.2 cm³/mol. The first kappa shape index (κ1) is 13.2. The number of thiophene rings is 1. The Labute approximate surface area is 120 Å². The van der Waals surface area contributed by atoms with E-state index in [0.717, 1.165) is 23.5 Å². The van der Waals surface area contributed by atoms with Gasteiger partial charge < -0.3 is 4.42 Å². The third-order valence-electron chi connectivity index (χ3n) is 3.24.